The number of rotatable bonds is 1. The summed E-state index contributed by atoms with van der Waals surface area (Å²) < 4.78 is 0. The van der Waals surface area contributed by atoms with E-state index in [1.165, 1.54) is 83.4 Å². The Kier molecular flexibility index (Phi) is 8.20. The van der Waals surface area contributed by atoms with Crippen molar-refractivity contribution in [3.8, 4) is 23.7 Å². The van der Waals surface area contributed by atoms with Crippen LogP contribution in [0.3, 0.4) is 0 Å². The molecule has 0 bridgehead atoms. The van der Waals surface area contributed by atoms with Gasteiger partial charge in [-0.1, -0.05) is 47.1 Å². The van der Waals surface area contributed by atoms with E-state index in [1.807, 2.05) is 0 Å². The van der Waals surface area contributed by atoms with Gasteiger partial charge in [0.2, 0.25) is 0 Å². The molecule has 0 aliphatic rings. The average molecular weight is 486 g/mol. The maximum Gasteiger partial charge on any atom is 0.148 e. The Morgan fingerprint density at radius 2 is 0.486 bits per heavy atom. The molecule has 0 heterocycles. The van der Waals surface area contributed by atoms with E-state index in [2.05, 4.69) is 128 Å². The number of hydrogen-bond donors (Lipinski definition) is 0. The Labute approximate surface area is 227 Å². The summed E-state index contributed by atoms with van der Waals surface area (Å²) in [6.45, 7) is 30.7. The monoisotopic (exact) mass is 485 g/mol. The highest BCUT2D eigenvalue weighted by molar-refractivity contribution is 6.53. The lowest BCUT2D eigenvalue weighted by Gasteiger charge is -2.17. The summed E-state index contributed by atoms with van der Waals surface area (Å²) in [6, 6.07) is 0. The molecule has 0 fully saturated rings. The van der Waals surface area contributed by atoms with Crippen LogP contribution in [0.15, 0.2) is 0 Å². The van der Waals surface area contributed by atoms with Crippen LogP contribution in [-0.4, -0.2) is 7.28 Å². The Hall–Kier alpha value is -3.16. The SMILES string of the molecule is C[B]c1c(C)c(C)c(C#Cc2c(C)c(C)c(C#Cc3c(C)c(C)c(C)c(C)c3C)c(C)c2C)c(C)c1C. The van der Waals surface area contributed by atoms with Crippen molar-refractivity contribution in [1.29, 1.82) is 0 Å². The average Bonchev–Trinajstić information content (AvgIpc) is 2.87. The van der Waals surface area contributed by atoms with Crippen molar-refractivity contribution in [3.63, 3.8) is 0 Å². The number of hydrogen-bond acceptors (Lipinski definition) is 0. The van der Waals surface area contributed by atoms with E-state index in [9.17, 15) is 0 Å². The van der Waals surface area contributed by atoms with Gasteiger partial charge in [-0.3, -0.25) is 0 Å². The topological polar surface area (TPSA) is 0 Å². The zero-order chi connectivity index (χ0) is 27.9. The molecule has 1 heteroatoms. The first-order valence-corrected chi connectivity index (χ1v) is 13.4. The Morgan fingerprint density at radius 1 is 0.297 bits per heavy atom. The van der Waals surface area contributed by atoms with Gasteiger partial charge in [0, 0.05) is 22.3 Å². The first kappa shape index (κ1) is 28.4. The lowest BCUT2D eigenvalue weighted by molar-refractivity contribution is 1.16. The molecular weight excluding hydrogens is 443 g/mol. The maximum absolute atomic E-state index is 3.58. The van der Waals surface area contributed by atoms with Gasteiger partial charge < -0.3 is 0 Å². The standard InChI is InChI=1S/C36H42B/c1-19-20(2)22(4)32(23(5)21(19)3)15-16-33-24(6)26(8)34(27(9)25(33)7)17-18-35-28(10)30(12)36(37-14)31(13)29(35)11/h1-14H3. The minimum atomic E-state index is 1.13. The zero-order valence-corrected chi connectivity index (χ0v) is 25.6. The second-order valence-electron chi connectivity index (χ2n) is 10.8. The van der Waals surface area contributed by atoms with Gasteiger partial charge in [0.15, 0.2) is 0 Å². The Bertz CT molecular complexity index is 1480. The zero-order valence-electron chi connectivity index (χ0n) is 25.6. The van der Waals surface area contributed by atoms with Crippen LogP contribution in [0.4, 0.5) is 0 Å². The van der Waals surface area contributed by atoms with Gasteiger partial charge in [-0.05, 0) is 151 Å². The largest absolute Gasteiger partial charge is 0.148 e. The fourth-order valence-electron chi connectivity index (χ4n) is 5.59. The van der Waals surface area contributed by atoms with Crippen molar-refractivity contribution in [2.75, 3.05) is 0 Å². The molecule has 0 amide bonds. The van der Waals surface area contributed by atoms with Gasteiger partial charge in [-0.25, -0.2) is 0 Å². The highest BCUT2D eigenvalue weighted by Gasteiger charge is 2.15. The second-order valence-corrected chi connectivity index (χ2v) is 10.8. The molecule has 0 N–H and O–H groups in total. The van der Waals surface area contributed by atoms with Gasteiger partial charge in [0.05, 0.1) is 0 Å². The fraction of sp³-hybridized carbons (Fsp3) is 0.389. The van der Waals surface area contributed by atoms with Crippen molar-refractivity contribution in [3.05, 3.63) is 94.6 Å². The maximum atomic E-state index is 3.58. The van der Waals surface area contributed by atoms with E-state index in [4.69, 9.17) is 0 Å². The van der Waals surface area contributed by atoms with Gasteiger partial charge in [0.1, 0.15) is 7.28 Å². The van der Waals surface area contributed by atoms with E-state index >= 15 is 0 Å². The van der Waals surface area contributed by atoms with E-state index in [0.717, 1.165) is 16.7 Å². The summed E-state index contributed by atoms with van der Waals surface area (Å²) in [5.41, 5.74) is 22.7. The van der Waals surface area contributed by atoms with E-state index < -0.39 is 0 Å². The summed E-state index contributed by atoms with van der Waals surface area (Å²) in [5, 5.41) is 0. The molecule has 0 atom stereocenters. The van der Waals surface area contributed by atoms with Crippen LogP contribution in [0, 0.1) is 114 Å². The molecule has 0 spiro atoms. The number of benzene rings is 3. The van der Waals surface area contributed by atoms with Crippen LogP contribution in [0.2, 0.25) is 6.82 Å². The van der Waals surface area contributed by atoms with Crippen LogP contribution < -0.4 is 5.46 Å². The third kappa shape index (κ3) is 4.78. The van der Waals surface area contributed by atoms with Gasteiger partial charge in [-0.2, -0.15) is 0 Å². The van der Waals surface area contributed by atoms with Crippen LogP contribution in [0.5, 0.6) is 0 Å². The van der Waals surface area contributed by atoms with E-state index in [1.54, 1.807) is 0 Å². The van der Waals surface area contributed by atoms with Crippen molar-refractivity contribution >= 4 is 12.7 Å². The normalized spacial score (nSPS) is 10.5. The summed E-state index contributed by atoms with van der Waals surface area (Å²) >= 11 is 0. The highest BCUT2D eigenvalue weighted by atomic mass is 14.2. The van der Waals surface area contributed by atoms with Gasteiger partial charge >= 0.3 is 0 Å². The fourth-order valence-corrected chi connectivity index (χ4v) is 5.59. The van der Waals surface area contributed by atoms with Crippen molar-refractivity contribution in [2.24, 2.45) is 0 Å². The molecular formula is C36H42B. The minimum absolute atomic E-state index is 1.13. The lowest BCUT2D eigenvalue weighted by Crippen LogP contribution is -2.22. The molecule has 0 saturated carbocycles. The van der Waals surface area contributed by atoms with Crippen molar-refractivity contribution in [1.82, 2.24) is 0 Å². The molecule has 0 aliphatic carbocycles. The molecule has 189 valence electrons. The lowest BCUT2D eigenvalue weighted by atomic mass is 9.66. The molecule has 3 aromatic rings. The van der Waals surface area contributed by atoms with Crippen LogP contribution in [0.25, 0.3) is 0 Å². The first-order valence-electron chi connectivity index (χ1n) is 13.4. The van der Waals surface area contributed by atoms with E-state index in [-0.39, 0.29) is 0 Å². The third-order valence-corrected chi connectivity index (χ3v) is 9.22. The summed E-state index contributed by atoms with van der Waals surface area (Å²) in [5.74, 6) is 14.3. The second kappa shape index (κ2) is 10.7. The summed E-state index contributed by atoms with van der Waals surface area (Å²) in [6.07, 6.45) is 0. The quantitative estimate of drug-likeness (QED) is 0.243. The van der Waals surface area contributed by atoms with Crippen LogP contribution >= 0.6 is 0 Å². The predicted octanol–water partition coefficient (Wildman–Crippen LogP) is 7.87. The van der Waals surface area contributed by atoms with Crippen molar-refractivity contribution < 1.29 is 0 Å². The molecule has 37 heavy (non-hydrogen) atoms. The minimum Gasteiger partial charge on any atom is -0.0872 e. The summed E-state index contributed by atoms with van der Waals surface area (Å²) in [7, 11) is 2.21. The van der Waals surface area contributed by atoms with Crippen molar-refractivity contribution in [2.45, 2.75) is 96.8 Å². The molecule has 3 rings (SSSR count). The molecule has 0 saturated heterocycles. The predicted molar refractivity (Wildman–Crippen MR) is 164 cm³/mol. The van der Waals surface area contributed by atoms with Gasteiger partial charge in [0.25, 0.3) is 0 Å². The van der Waals surface area contributed by atoms with Crippen LogP contribution in [0.1, 0.15) is 94.6 Å². The third-order valence-electron chi connectivity index (χ3n) is 9.22. The Balaban J connectivity index is 2.19. The molecule has 1 radical (unpaired) electrons. The molecule has 0 unspecified atom stereocenters. The van der Waals surface area contributed by atoms with Gasteiger partial charge in [-0.15, -0.1) is 0 Å². The molecule has 0 nitrogen and oxygen atoms in total. The molecule has 0 aliphatic heterocycles. The highest BCUT2D eigenvalue weighted by Crippen LogP contribution is 2.28. The van der Waals surface area contributed by atoms with E-state index in [0.29, 0.717) is 0 Å². The molecule has 0 aromatic heterocycles. The molecule has 3 aromatic carbocycles. The smallest absolute Gasteiger partial charge is 0.0872 e. The first-order chi connectivity index (χ1) is 17.3. The van der Waals surface area contributed by atoms with Crippen LogP contribution in [-0.2, 0) is 0 Å². The Morgan fingerprint density at radius 3 is 0.730 bits per heavy atom. The summed E-state index contributed by atoms with van der Waals surface area (Å²) in [4.78, 5) is 0.